The highest BCUT2D eigenvalue weighted by Gasteiger charge is 2.70. The summed E-state index contributed by atoms with van der Waals surface area (Å²) in [7, 11) is 5.42. The van der Waals surface area contributed by atoms with Crippen LogP contribution in [0.3, 0.4) is 0 Å². The maximum atomic E-state index is 15.5. The van der Waals surface area contributed by atoms with Crippen molar-refractivity contribution in [2.45, 2.75) is 24.2 Å². The average Bonchev–Trinajstić information content (AvgIpc) is 3.64. The number of fused-ring (bicyclic) bond motifs is 4. The van der Waals surface area contributed by atoms with Crippen molar-refractivity contribution in [3.8, 4) is 11.5 Å². The number of halogens is 1. The Kier molecular flexibility index (Phi) is 9.43. The number of aromatic hydroxyl groups is 1. The van der Waals surface area contributed by atoms with Gasteiger partial charge in [0.2, 0.25) is 23.6 Å². The molecule has 2 aliphatic carbocycles. The molecule has 4 aliphatic rings. The second-order valence-electron chi connectivity index (χ2n) is 15.7. The van der Waals surface area contributed by atoms with Crippen LogP contribution >= 0.6 is 11.6 Å². The second kappa shape index (κ2) is 14.7. The van der Waals surface area contributed by atoms with Crippen molar-refractivity contribution in [2.75, 3.05) is 35.9 Å². The summed E-state index contributed by atoms with van der Waals surface area (Å²) in [6.45, 7) is 0. The number of benzene rings is 5. The van der Waals surface area contributed by atoms with Crippen LogP contribution in [-0.4, -0.2) is 49.9 Å². The van der Waals surface area contributed by atoms with Gasteiger partial charge < -0.3 is 14.7 Å². The summed E-state index contributed by atoms with van der Waals surface area (Å²) >= 11 is 6.44. The van der Waals surface area contributed by atoms with E-state index < -0.39 is 46.8 Å². The van der Waals surface area contributed by atoms with Crippen LogP contribution in [0.15, 0.2) is 143 Å². The number of ether oxygens (including phenoxy) is 1. The highest BCUT2D eigenvalue weighted by molar-refractivity contribution is 6.32. The molecule has 9 rings (SSSR count). The lowest BCUT2D eigenvalue weighted by Gasteiger charge is -2.51. The fraction of sp³-hybridized carbons (Fsp3) is 0.234. The fourth-order valence-electron chi connectivity index (χ4n) is 9.88. The minimum Gasteiger partial charge on any atom is -0.508 e. The number of hydrogen-bond acceptors (Lipinski definition) is 9. The summed E-state index contributed by atoms with van der Waals surface area (Å²) in [5.74, 6) is -5.05. The van der Waals surface area contributed by atoms with E-state index in [1.165, 1.54) is 29.0 Å². The van der Waals surface area contributed by atoms with Gasteiger partial charge in [-0.3, -0.25) is 24.1 Å². The Balaban J connectivity index is 1.13. The van der Waals surface area contributed by atoms with E-state index in [9.17, 15) is 14.7 Å². The lowest BCUT2D eigenvalue weighted by molar-refractivity contribution is -0.127. The number of azo groups is 1. The zero-order chi connectivity index (χ0) is 41.2. The maximum absolute atomic E-state index is 15.5. The first-order valence-electron chi connectivity index (χ1n) is 19.5. The molecule has 59 heavy (non-hydrogen) atoms. The van der Waals surface area contributed by atoms with Gasteiger partial charge in [-0.15, -0.1) is 0 Å². The van der Waals surface area contributed by atoms with Gasteiger partial charge in [0.05, 0.1) is 53.0 Å². The summed E-state index contributed by atoms with van der Waals surface area (Å²) in [5.41, 5.74) is 3.53. The summed E-state index contributed by atoms with van der Waals surface area (Å²) in [6.07, 6.45) is 2.39. The average molecular weight is 806 g/mol. The molecule has 0 bridgehead atoms. The van der Waals surface area contributed by atoms with Crippen LogP contribution in [0.2, 0.25) is 5.02 Å². The molecule has 0 spiro atoms. The standard InChI is InChI=1S/C47H40ClN5O6/c1-51(2)31-16-12-29(13-17-31)49-50-30-14-18-32(19-15-30)52-43(55)37-23-22-35-38(41(37)45(52)57)26-39-44(56)53(33-11-7-10-28(48)24-33)46(58)47(39,27-8-5-4-6-9-27)42(35)36-21-20-34(54)25-40(36)59-3/h4-22,24-25,37-39,41-42,54H,23,26H2,1-3H3. The van der Waals surface area contributed by atoms with Crippen molar-refractivity contribution in [2.24, 2.45) is 33.9 Å². The van der Waals surface area contributed by atoms with Crippen molar-refractivity contribution < 1.29 is 29.0 Å². The van der Waals surface area contributed by atoms with E-state index in [0.29, 0.717) is 44.6 Å². The molecule has 2 heterocycles. The van der Waals surface area contributed by atoms with Crippen LogP contribution in [0, 0.1) is 23.7 Å². The molecule has 0 aromatic heterocycles. The quantitative estimate of drug-likeness (QED) is 0.0941. The summed E-state index contributed by atoms with van der Waals surface area (Å²) in [6, 6.07) is 35.1. The number of rotatable bonds is 8. The summed E-state index contributed by atoms with van der Waals surface area (Å²) in [5, 5.41) is 19.7. The van der Waals surface area contributed by atoms with Crippen LogP contribution < -0.4 is 19.4 Å². The molecule has 6 unspecified atom stereocenters. The number of imide groups is 2. The predicted molar refractivity (Wildman–Crippen MR) is 225 cm³/mol. The molecule has 1 saturated carbocycles. The van der Waals surface area contributed by atoms with Crippen molar-refractivity contribution in [3.63, 3.8) is 0 Å². The van der Waals surface area contributed by atoms with Gasteiger partial charge in [-0.1, -0.05) is 65.7 Å². The molecule has 12 heteroatoms. The predicted octanol–water partition coefficient (Wildman–Crippen LogP) is 8.90. The fourth-order valence-corrected chi connectivity index (χ4v) is 10.1. The first kappa shape index (κ1) is 38.0. The Morgan fingerprint density at radius 1 is 0.746 bits per heavy atom. The Morgan fingerprint density at radius 2 is 1.44 bits per heavy atom. The molecule has 5 aromatic rings. The number of methoxy groups -OCH3 is 1. The zero-order valence-corrected chi connectivity index (χ0v) is 33.3. The van der Waals surface area contributed by atoms with Crippen LogP contribution in [0.5, 0.6) is 11.5 Å². The molecule has 6 atom stereocenters. The molecule has 296 valence electrons. The zero-order valence-electron chi connectivity index (χ0n) is 32.5. The Hall–Kier alpha value is -6.59. The normalized spacial score (nSPS) is 24.9. The van der Waals surface area contributed by atoms with Gasteiger partial charge in [0.25, 0.3) is 0 Å². The Labute approximate surface area is 346 Å². The van der Waals surface area contributed by atoms with Crippen LogP contribution in [-0.2, 0) is 24.6 Å². The van der Waals surface area contributed by atoms with E-state index in [1.807, 2.05) is 79.7 Å². The summed E-state index contributed by atoms with van der Waals surface area (Å²) in [4.78, 5) is 64.1. The molecule has 11 nitrogen and oxygen atoms in total. The minimum atomic E-state index is -1.48. The van der Waals surface area contributed by atoms with Gasteiger partial charge in [0, 0.05) is 42.4 Å². The maximum Gasteiger partial charge on any atom is 0.246 e. The van der Waals surface area contributed by atoms with Crippen LogP contribution in [0.4, 0.5) is 28.4 Å². The summed E-state index contributed by atoms with van der Waals surface area (Å²) < 4.78 is 5.88. The van der Waals surface area contributed by atoms with E-state index in [2.05, 4.69) is 10.2 Å². The smallest absolute Gasteiger partial charge is 0.246 e. The monoisotopic (exact) mass is 805 g/mol. The number of carbonyl (C=O) groups excluding carboxylic acids is 4. The van der Waals surface area contributed by atoms with Gasteiger partial charge in [0.1, 0.15) is 11.5 Å². The van der Waals surface area contributed by atoms with Gasteiger partial charge >= 0.3 is 0 Å². The van der Waals surface area contributed by atoms with Crippen molar-refractivity contribution >= 4 is 63.7 Å². The van der Waals surface area contributed by atoms with Crippen LogP contribution in [0.1, 0.15) is 29.9 Å². The topological polar surface area (TPSA) is 132 Å². The van der Waals surface area contributed by atoms with Crippen LogP contribution in [0.25, 0.3) is 0 Å². The minimum absolute atomic E-state index is 0.0336. The molecule has 2 aliphatic heterocycles. The number of amides is 4. The van der Waals surface area contributed by atoms with Crippen molar-refractivity contribution in [1.29, 1.82) is 0 Å². The molecular weight excluding hydrogens is 766 g/mol. The number of nitrogens with zero attached hydrogens (tertiary/aromatic N) is 5. The lowest BCUT2D eigenvalue weighted by atomic mass is 9.49. The van der Waals surface area contributed by atoms with Gasteiger partial charge in [-0.05, 0) is 97.1 Å². The van der Waals surface area contributed by atoms with E-state index in [-0.39, 0.29) is 30.4 Å². The molecule has 3 fully saturated rings. The third-order valence-corrected chi connectivity index (χ3v) is 12.7. The molecule has 0 radical (unpaired) electrons. The Morgan fingerprint density at radius 3 is 2.10 bits per heavy atom. The van der Waals surface area contributed by atoms with Crippen molar-refractivity contribution in [1.82, 2.24) is 0 Å². The second-order valence-corrected chi connectivity index (χ2v) is 16.1. The molecule has 1 N–H and O–H groups in total. The third kappa shape index (κ3) is 6.02. The Bertz CT molecular complexity index is 2580. The van der Waals surface area contributed by atoms with Gasteiger partial charge in [0.15, 0.2) is 0 Å². The molecule has 5 aromatic carbocycles. The highest BCUT2D eigenvalue weighted by atomic mass is 35.5. The highest BCUT2D eigenvalue weighted by Crippen LogP contribution is 2.65. The molecule has 2 saturated heterocycles. The number of anilines is 3. The van der Waals surface area contributed by atoms with E-state index >= 15 is 9.59 Å². The van der Waals surface area contributed by atoms with Crippen molar-refractivity contribution in [3.05, 3.63) is 149 Å². The number of hydrogen-bond donors (Lipinski definition) is 1. The first-order valence-corrected chi connectivity index (χ1v) is 19.8. The number of carbonyl (C=O) groups is 4. The SMILES string of the molecule is COc1cc(O)ccc1C1C2=CCC3C(=O)N(c4ccc(N=Nc5ccc(N(C)C)cc5)cc4)C(=O)C3C2CC2C(=O)N(c3cccc(Cl)c3)C(=O)C21c1ccccc1. The largest absolute Gasteiger partial charge is 0.508 e. The molecular formula is C47H40ClN5O6. The molecule has 4 amide bonds. The van der Waals surface area contributed by atoms with Gasteiger partial charge in [-0.25, -0.2) is 4.90 Å². The lowest BCUT2D eigenvalue weighted by Crippen LogP contribution is -2.53. The van der Waals surface area contributed by atoms with E-state index in [0.717, 1.165) is 11.3 Å². The van der Waals surface area contributed by atoms with E-state index in [1.54, 1.807) is 54.6 Å². The first-order chi connectivity index (χ1) is 28.5. The van der Waals surface area contributed by atoms with Gasteiger partial charge in [-0.2, -0.15) is 10.2 Å². The number of allylic oxidation sites excluding steroid dienone is 2. The number of phenols is 1. The number of phenolic OH excluding ortho intramolecular Hbond substituents is 1. The third-order valence-electron chi connectivity index (χ3n) is 12.5. The van der Waals surface area contributed by atoms with E-state index in [4.69, 9.17) is 16.3 Å².